The molecular weight excluding hydrogens is 447 g/mol. The fourth-order valence-corrected chi connectivity index (χ4v) is 3.03. The number of nitrogens with one attached hydrogen (secondary N) is 2. The van der Waals surface area contributed by atoms with E-state index in [-0.39, 0.29) is 23.8 Å². The number of hydrogen-bond donors (Lipinski definition) is 2. The molecule has 9 heteroatoms. The second-order valence-corrected chi connectivity index (χ2v) is 7.24. The summed E-state index contributed by atoms with van der Waals surface area (Å²) >= 11 is 11.8. The normalized spacial score (nSPS) is 10.5. The Morgan fingerprint density at radius 1 is 0.903 bits per heavy atom. The maximum atomic E-state index is 13.9. The molecule has 0 unspecified atom stereocenters. The highest BCUT2D eigenvalue weighted by Crippen LogP contribution is 2.22. The molecule has 3 rings (SSSR count). The van der Waals surface area contributed by atoms with Crippen molar-refractivity contribution in [2.75, 3.05) is 23.3 Å². The highest BCUT2D eigenvalue weighted by molar-refractivity contribution is 6.42. The number of benzene rings is 3. The number of para-hydroxylation sites is 1. The molecule has 0 radical (unpaired) electrons. The molecule has 3 amide bonds. The first-order chi connectivity index (χ1) is 14.8. The zero-order valence-corrected chi connectivity index (χ0v) is 17.6. The average Bonchev–Trinajstić information content (AvgIpc) is 2.75. The zero-order chi connectivity index (χ0) is 22.4. The van der Waals surface area contributed by atoms with E-state index in [0.717, 1.165) is 0 Å². The minimum absolute atomic E-state index is 0.000506. The van der Waals surface area contributed by atoms with E-state index in [1.165, 1.54) is 65.6 Å². The molecule has 0 aliphatic rings. The van der Waals surface area contributed by atoms with E-state index in [0.29, 0.717) is 16.3 Å². The summed E-state index contributed by atoms with van der Waals surface area (Å²) in [5, 5.41) is 5.72. The summed E-state index contributed by atoms with van der Waals surface area (Å²) in [7, 11) is 0. The van der Waals surface area contributed by atoms with Gasteiger partial charge in [0.05, 0.1) is 15.7 Å². The molecular formula is C22H17Cl2F2N3O2. The summed E-state index contributed by atoms with van der Waals surface area (Å²) < 4.78 is 27.2. The van der Waals surface area contributed by atoms with Gasteiger partial charge in [-0.2, -0.15) is 0 Å². The van der Waals surface area contributed by atoms with Crippen molar-refractivity contribution in [3.8, 4) is 0 Å². The van der Waals surface area contributed by atoms with Gasteiger partial charge < -0.3 is 10.6 Å². The maximum Gasteiger partial charge on any atom is 0.326 e. The SMILES string of the molecule is O=C(NCCN(C(=O)Nc1ccccc1F)c1ccc(F)cc1)c1ccc(Cl)c(Cl)c1. The molecule has 0 fully saturated rings. The van der Waals surface area contributed by atoms with Crippen molar-refractivity contribution in [3.05, 3.63) is 94.0 Å². The molecule has 3 aromatic rings. The summed E-state index contributed by atoms with van der Waals surface area (Å²) in [6.45, 7) is 0.111. The van der Waals surface area contributed by atoms with Crippen LogP contribution in [0.1, 0.15) is 10.4 Å². The second-order valence-electron chi connectivity index (χ2n) is 6.42. The van der Waals surface area contributed by atoms with Gasteiger partial charge in [-0.05, 0) is 54.6 Å². The predicted molar refractivity (Wildman–Crippen MR) is 118 cm³/mol. The molecule has 5 nitrogen and oxygen atoms in total. The van der Waals surface area contributed by atoms with Crippen LogP contribution >= 0.6 is 23.2 Å². The van der Waals surface area contributed by atoms with Crippen molar-refractivity contribution in [2.24, 2.45) is 0 Å². The first kappa shape index (κ1) is 22.5. The number of rotatable bonds is 6. The van der Waals surface area contributed by atoms with Gasteiger partial charge in [0.25, 0.3) is 5.91 Å². The van der Waals surface area contributed by atoms with Gasteiger partial charge >= 0.3 is 6.03 Å². The summed E-state index contributed by atoms with van der Waals surface area (Å²) in [5.74, 6) is -1.47. The number of urea groups is 1. The summed E-state index contributed by atoms with van der Waals surface area (Å²) in [5.41, 5.74) is 0.678. The number of amides is 3. The monoisotopic (exact) mass is 463 g/mol. The van der Waals surface area contributed by atoms with E-state index >= 15 is 0 Å². The van der Waals surface area contributed by atoms with Gasteiger partial charge in [0.1, 0.15) is 11.6 Å². The molecule has 2 N–H and O–H groups in total. The van der Waals surface area contributed by atoms with Crippen LogP contribution in [0.2, 0.25) is 10.0 Å². The topological polar surface area (TPSA) is 61.4 Å². The van der Waals surface area contributed by atoms with Crippen molar-refractivity contribution in [2.45, 2.75) is 0 Å². The predicted octanol–water partition coefficient (Wildman–Crippen LogP) is 5.74. The minimum Gasteiger partial charge on any atom is -0.350 e. The number of halogens is 4. The van der Waals surface area contributed by atoms with Crippen molar-refractivity contribution < 1.29 is 18.4 Å². The lowest BCUT2D eigenvalue weighted by atomic mass is 10.2. The van der Waals surface area contributed by atoms with Crippen LogP contribution in [-0.4, -0.2) is 25.0 Å². The second kappa shape index (κ2) is 10.2. The van der Waals surface area contributed by atoms with Crippen LogP contribution in [0.5, 0.6) is 0 Å². The van der Waals surface area contributed by atoms with Gasteiger partial charge in [0, 0.05) is 24.3 Å². The minimum atomic E-state index is -0.638. The first-order valence-corrected chi connectivity index (χ1v) is 9.92. The number of carbonyl (C=O) groups is 2. The largest absolute Gasteiger partial charge is 0.350 e. The molecule has 0 saturated carbocycles. The van der Waals surface area contributed by atoms with Gasteiger partial charge in [0.2, 0.25) is 0 Å². The van der Waals surface area contributed by atoms with E-state index in [4.69, 9.17) is 23.2 Å². The third-order valence-corrected chi connectivity index (χ3v) is 5.04. The fourth-order valence-electron chi connectivity index (χ4n) is 2.73. The fraction of sp³-hybridized carbons (Fsp3) is 0.0909. The van der Waals surface area contributed by atoms with Gasteiger partial charge in [-0.25, -0.2) is 13.6 Å². The van der Waals surface area contributed by atoms with Gasteiger partial charge in [-0.15, -0.1) is 0 Å². The molecule has 3 aromatic carbocycles. The Morgan fingerprint density at radius 3 is 2.29 bits per heavy atom. The highest BCUT2D eigenvalue weighted by Gasteiger charge is 2.18. The summed E-state index contributed by atoms with van der Waals surface area (Å²) in [4.78, 5) is 26.4. The number of anilines is 2. The van der Waals surface area contributed by atoms with E-state index in [1.807, 2.05) is 0 Å². The zero-order valence-electron chi connectivity index (χ0n) is 16.0. The van der Waals surface area contributed by atoms with Gasteiger partial charge in [-0.3, -0.25) is 9.69 Å². The van der Waals surface area contributed by atoms with Crippen molar-refractivity contribution >= 4 is 46.5 Å². The van der Waals surface area contributed by atoms with E-state index in [9.17, 15) is 18.4 Å². The van der Waals surface area contributed by atoms with Gasteiger partial charge in [-0.1, -0.05) is 35.3 Å². The molecule has 31 heavy (non-hydrogen) atoms. The lowest BCUT2D eigenvalue weighted by Gasteiger charge is -2.23. The third kappa shape index (κ3) is 5.93. The van der Waals surface area contributed by atoms with Crippen LogP contribution in [0.15, 0.2) is 66.7 Å². The first-order valence-electron chi connectivity index (χ1n) is 9.17. The van der Waals surface area contributed by atoms with Crippen molar-refractivity contribution in [1.82, 2.24) is 5.32 Å². The Morgan fingerprint density at radius 2 is 1.61 bits per heavy atom. The number of hydrogen-bond acceptors (Lipinski definition) is 2. The number of nitrogens with zero attached hydrogens (tertiary/aromatic N) is 1. The van der Waals surface area contributed by atoms with E-state index in [2.05, 4.69) is 10.6 Å². The highest BCUT2D eigenvalue weighted by atomic mass is 35.5. The molecule has 0 heterocycles. The molecule has 0 saturated heterocycles. The smallest absolute Gasteiger partial charge is 0.326 e. The van der Waals surface area contributed by atoms with Crippen LogP contribution in [0, 0.1) is 11.6 Å². The molecule has 0 spiro atoms. The van der Waals surface area contributed by atoms with Crippen LogP contribution in [0.25, 0.3) is 0 Å². The Kier molecular flexibility index (Phi) is 7.44. The molecule has 0 bridgehead atoms. The Labute approximate surface area is 187 Å². The standard InChI is InChI=1S/C22H17Cl2F2N3O2/c23-17-10-5-14(13-18(17)24)21(30)27-11-12-29(16-8-6-15(25)7-9-16)22(31)28-20-4-2-1-3-19(20)26/h1-10,13H,11-12H2,(H,27,30)(H,28,31). The lowest BCUT2D eigenvalue weighted by Crippen LogP contribution is -2.41. The van der Waals surface area contributed by atoms with Gasteiger partial charge in [0.15, 0.2) is 0 Å². The maximum absolute atomic E-state index is 13.9. The molecule has 0 atom stereocenters. The molecule has 0 aliphatic heterocycles. The quantitative estimate of drug-likeness (QED) is 0.489. The summed E-state index contributed by atoms with van der Waals surface area (Å²) in [6.07, 6.45) is 0. The average molecular weight is 464 g/mol. The third-order valence-electron chi connectivity index (χ3n) is 4.30. The molecule has 160 valence electrons. The number of carbonyl (C=O) groups excluding carboxylic acids is 2. The Balaban J connectivity index is 1.71. The molecule has 0 aromatic heterocycles. The van der Waals surface area contributed by atoms with E-state index in [1.54, 1.807) is 6.07 Å². The van der Waals surface area contributed by atoms with Crippen molar-refractivity contribution in [1.29, 1.82) is 0 Å². The van der Waals surface area contributed by atoms with Crippen LogP contribution in [0.3, 0.4) is 0 Å². The Hall–Kier alpha value is -3.16. The van der Waals surface area contributed by atoms with Crippen LogP contribution < -0.4 is 15.5 Å². The van der Waals surface area contributed by atoms with Crippen molar-refractivity contribution in [3.63, 3.8) is 0 Å². The van der Waals surface area contributed by atoms with Crippen LogP contribution in [0.4, 0.5) is 25.0 Å². The van der Waals surface area contributed by atoms with E-state index < -0.39 is 23.6 Å². The Bertz CT molecular complexity index is 1090. The van der Waals surface area contributed by atoms with Crippen LogP contribution in [-0.2, 0) is 0 Å². The molecule has 0 aliphatic carbocycles. The lowest BCUT2D eigenvalue weighted by molar-refractivity contribution is 0.0954. The summed E-state index contributed by atoms with van der Waals surface area (Å²) in [6, 6.07) is 14.8.